The minimum Gasteiger partial charge on any atom is -0.477 e. The quantitative estimate of drug-likeness (QED) is 0.866. The number of rotatable bonds is 5. The van der Waals surface area contributed by atoms with Crippen LogP contribution < -0.4 is 0 Å². The highest BCUT2D eigenvalue weighted by Crippen LogP contribution is 2.30. The molecule has 22 heavy (non-hydrogen) atoms. The topological polar surface area (TPSA) is 110 Å². The largest absolute Gasteiger partial charge is 0.477 e. The van der Waals surface area contributed by atoms with Gasteiger partial charge in [0.1, 0.15) is 17.0 Å². The first kappa shape index (κ1) is 15.6. The maximum atomic E-state index is 11.1. The molecule has 0 aliphatic rings. The molecule has 0 bridgehead atoms. The minimum absolute atomic E-state index is 0.129. The van der Waals surface area contributed by atoms with Gasteiger partial charge in [-0.05, 0) is 31.2 Å². The fourth-order valence-electron chi connectivity index (χ4n) is 1.98. The Labute approximate surface area is 126 Å². The second-order valence-electron chi connectivity index (χ2n) is 4.66. The first-order valence-corrected chi connectivity index (χ1v) is 6.35. The lowest BCUT2D eigenvalue weighted by atomic mass is 9.95. The van der Waals surface area contributed by atoms with E-state index in [4.69, 9.17) is 14.9 Å². The molecule has 114 valence electrons. The number of nitrogens with zero attached hydrogens (tertiary/aromatic N) is 2. The highest BCUT2D eigenvalue weighted by Gasteiger charge is 2.33. The molecule has 7 heteroatoms. The highest BCUT2D eigenvalue weighted by atomic mass is 16.5. The highest BCUT2D eigenvalue weighted by molar-refractivity contribution is 5.85. The second-order valence-corrected chi connectivity index (χ2v) is 4.66. The van der Waals surface area contributed by atoms with Crippen LogP contribution in [0.15, 0.2) is 36.4 Å². The van der Waals surface area contributed by atoms with E-state index in [9.17, 15) is 9.59 Å². The average molecular weight is 302 g/mol. The summed E-state index contributed by atoms with van der Waals surface area (Å²) in [6.07, 6.45) is 0. The predicted octanol–water partition coefficient (Wildman–Crippen LogP) is 1.78. The number of ether oxygens (including phenoxy) is 1. The van der Waals surface area contributed by atoms with Gasteiger partial charge < -0.3 is 14.9 Å². The SMILES string of the molecule is COC(C)(c1cccc(C(=O)O)n1)c1cccc(C(=O)O)n1. The van der Waals surface area contributed by atoms with Crippen LogP contribution in [0.25, 0.3) is 0 Å². The van der Waals surface area contributed by atoms with Crippen LogP contribution in [0.3, 0.4) is 0 Å². The molecular weight excluding hydrogens is 288 g/mol. The van der Waals surface area contributed by atoms with E-state index in [1.807, 2.05) is 0 Å². The molecule has 0 saturated heterocycles. The third kappa shape index (κ3) is 2.79. The molecule has 0 fully saturated rings. The van der Waals surface area contributed by atoms with Gasteiger partial charge in [0, 0.05) is 7.11 Å². The number of carboxylic acids is 2. The lowest BCUT2D eigenvalue weighted by Crippen LogP contribution is -2.29. The molecule has 0 spiro atoms. The fourth-order valence-corrected chi connectivity index (χ4v) is 1.98. The summed E-state index contributed by atoms with van der Waals surface area (Å²) in [6, 6.07) is 9.02. The summed E-state index contributed by atoms with van der Waals surface area (Å²) in [6.45, 7) is 1.65. The second kappa shape index (κ2) is 5.90. The van der Waals surface area contributed by atoms with Crippen LogP contribution in [-0.4, -0.2) is 39.2 Å². The van der Waals surface area contributed by atoms with Crippen LogP contribution in [0.5, 0.6) is 0 Å². The number of pyridine rings is 2. The molecule has 7 nitrogen and oxygen atoms in total. The predicted molar refractivity (Wildman–Crippen MR) is 75.9 cm³/mol. The standard InChI is InChI=1S/C15H14N2O5/c1-15(22-2,11-7-3-5-9(16-11)13(18)19)12-8-4-6-10(17-12)14(20)21/h3-8H,1-2H3,(H,18,19)(H,20,21). The molecule has 0 saturated carbocycles. The van der Waals surface area contributed by atoms with Gasteiger partial charge in [-0.1, -0.05) is 12.1 Å². The first-order chi connectivity index (χ1) is 10.4. The van der Waals surface area contributed by atoms with Crippen LogP contribution in [-0.2, 0) is 10.3 Å². The van der Waals surface area contributed by atoms with Gasteiger partial charge >= 0.3 is 11.9 Å². The van der Waals surface area contributed by atoms with Crippen molar-refractivity contribution in [3.05, 3.63) is 59.2 Å². The number of hydrogen-bond donors (Lipinski definition) is 2. The van der Waals surface area contributed by atoms with Crippen molar-refractivity contribution in [1.29, 1.82) is 0 Å². The molecule has 0 aliphatic heterocycles. The molecule has 2 rings (SSSR count). The van der Waals surface area contributed by atoms with Crippen LogP contribution >= 0.6 is 0 Å². The minimum atomic E-state index is -1.17. The van der Waals surface area contributed by atoms with Gasteiger partial charge in [-0.3, -0.25) is 0 Å². The van der Waals surface area contributed by atoms with Crippen LogP contribution in [0.1, 0.15) is 39.3 Å². The zero-order valence-electron chi connectivity index (χ0n) is 12.0. The Morgan fingerprint density at radius 3 is 1.68 bits per heavy atom. The third-order valence-electron chi connectivity index (χ3n) is 3.32. The molecular formula is C15H14N2O5. The number of aromatic nitrogens is 2. The first-order valence-electron chi connectivity index (χ1n) is 6.35. The van der Waals surface area contributed by atoms with Crippen LogP contribution in [0.2, 0.25) is 0 Å². The molecule has 2 aromatic rings. The smallest absolute Gasteiger partial charge is 0.354 e. The van der Waals surface area contributed by atoms with Gasteiger partial charge in [-0.2, -0.15) is 0 Å². The van der Waals surface area contributed by atoms with E-state index < -0.39 is 17.5 Å². The van der Waals surface area contributed by atoms with Gasteiger partial charge in [0.05, 0.1) is 11.4 Å². The Balaban J connectivity index is 2.57. The summed E-state index contributed by atoms with van der Waals surface area (Å²) in [5.74, 6) is -2.32. The molecule has 0 aromatic carbocycles. The summed E-state index contributed by atoms with van der Waals surface area (Å²) in [7, 11) is 1.42. The van der Waals surface area contributed by atoms with Crippen molar-refractivity contribution < 1.29 is 24.5 Å². The Bertz CT molecular complexity index is 672. The summed E-state index contributed by atoms with van der Waals surface area (Å²) < 4.78 is 5.47. The van der Waals surface area contributed by atoms with E-state index in [2.05, 4.69) is 9.97 Å². The lowest BCUT2D eigenvalue weighted by Gasteiger charge is -2.27. The Kier molecular flexibility index (Phi) is 4.18. The number of methoxy groups -OCH3 is 1. The van der Waals surface area contributed by atoms with Crippen molar-refractivity contribution in [2.75, 3.05) is 7.11 Å². The van der Waals surface area contributed by atoms with E-state index in [1.165, 1.54) is 19.2 Å². The third-order valence-corrected chi connectivity index (χ3v) is 3.32. The normalized spacial score (nSPS) is 11.2. The number of carbonyl (C=O) groups is 2. The van der Waals surface area contributed by atoms with Crippen molar-refractivity contribution >= 4 is 11.9 Å². The maximum Gasteiger partial charge on any atom is 0.354 e. The molecule has 0 radical (unpaired) electrons. The number of aromatic carboxylic acids is 2. The van der Waals surface area contributed by atoms with Crippen molar-refractivity contribution in [1.82, 2.24) is 9.97 Å². The van der Waals surface area contributed by atoms with E-state index in [1.54, 1.807) is 31.2 Å². The molecule has 0 amide bonds. The van der Waals surface area contributed by atoms with Crippen molar-refractivity contribution in [3.8, 4) is 0 Å². The molecule has 2 heterocycles. The van der Waals surface area contributed by atoms with Crippen LogP contribution in [0, 0.1) is 0 Å². The molecule has 0 aliphatic carbocycles. The van der Waals surface area contributed by atoms with Crippen molar-refractivity contribution in [2.45, 2.75) is 12.5 Å². The number of carboxylic acid groups (broad SMARTS) is 2. The van der Waals surface area contributed by atoms with E-state index >= 15 is 0 Å². The zero-order chi connectivity index (χ0) is 16.3. The van der Waals surface area contributed by atoms with Gasteiger partial charge in [-0.15, -0.1) is 0 Å². The Morgan fingerprint density at radius 1 is 0.955 bits per heavy atom. The van der Waals surface area contributed by atoms with Gasteiger partial charge in [0.25, 0.3) is 0 Å². The van der Waals surface area contributed by atoms with Crippen molar-refractivity contribution in [3.63, 3.8) is 0 Å². The molecule has 0 atom stereocenters. The van der Waals surface area contributed by atoms with Gasteiger partial charge in [0.15, 0.2) is 0 Å². The van der Waals surface area contributed by atoms with Gasteiger partial charge in [-0.25, -0.2) is 19.6 Å². The van der Waals surface area contributed by atoms with E-state index in [0.29, 0.717) is 11.4 Å². The molecule has 0 unspecified atom stereocenters. The van der Waals surface area contributed by atoms with Crippen LogP contribution in [0.4, 0.5) is 0 Å². The molecule has 2 aromatic heterocycles. The summed E-state index contributed by atoms with van der Waals surface area (Å²) >= 11 is 0. The monoisotopic (exact) mass is 302 g/mol. The van der Waals surface area contributed by atoms with Gasteiger partial charge in [0.2, 0.25) is 0 Å². The molecule has 2 N–H and O–H groups in total. The lowest BCUT2D eigenvalue weighted by molar-refractivity contribution is 0.0310. The van der Waals surface area contributed by atoms with E-state index in [0.717, 1.165) is 0 Å². The van der Waals surface area contributed by atoms with E-state index in [-0.39, 0.29) is 11.4 Å². The fraction of sp³-hybridized carbons (Fsp3) is 0.200. The Hall–Kier alpha value is -2.80. The summed E-state index contributed by atoms with van der Waals surface area (Å²) in [5.41, 5.74) is -0.781. The summed E-state index contributed by atoms with van der Waals surface area (Å²) in [4.78, 5) is 30.2. The Morgan fingerprint density at radius 2 is 1.36 bits per heavy atom. The zero-order valence-corrected chi connectivity index (χ0v) is 12.0. The average Bonchev–Trinajstić information content (AvgIpc) is 2.54. The summed E-state index contributed by atoms with van der Waals surface area (Å²) in [5, 5.41) is 18.1. The number of hydrogen-bond acceptors (Lipinski definition) is 5. The maximum absolute atomic E-state index is 11.1. The van der Waals surface area contributed by atoms with Crippen molar-refractivity contribution in [2.24, 2.45) is 0 Å².